The van der Waals surface area contributed by atoms with Crippen LogP contribution in [0.15, 0.2) is 48.5 Å². The van der Waals surface area contributed by atoms with Crippen molar-refractivity contribution in [2.45, 2.75) is 20.3 Å². The molecule has 128 valence electrons. The first kappa shape index (κ1) is 18.0. The Kier molecular flexibility index (Phi) is 5.62. The van der Waals surface area contributed by atoms with Gasteiger partial charge in [-0.2, -0.15) is 0 Å². The van der Waals surface area contributed by atoms with Gasteiger partial charge in [-0.25, -0.2) is 13.2 Å². The predicted molar refractivity (Wildman–Crippen MR) is 95.1 cm³/mol. The predicted octanol–water partition coefficient (Wildman–Crippen LogP) is 3.09. The van der Waals surface area contributed by atoms with E-state index >= 15 is 0 Å². The molecule has 24 heavy (non-hydrogen) atoms. The molecule has 2 aromatic rings. The zero-order chi connectivity index (χ0) is 17.7. The zero-order valence-corrected chi connectivity index (χ0v) is 14.6. The lowest BCUT2D eigenvalue weighted by molar-refractivity contribution is 0.0697. The van der Waals surface area contributed by atoms with E-state index in [1.54, 1.807) is 26.0 Å². The molecular formula is C18H21NO4S. The van der Waals surface area contributed by atoms with Gasteiger partial charge in [-0.3, -0.25) is 4.31 Å². The molecule has 2 aromatic carbocycles. The van der Waals surface area contributed by atoms with E-state index in [-0.39, 0.29) is 23.5 Å². The van der Waals surface area contributed by atoms with Crippen molar-refractivity contribution in [3.8, 4) is 0 Å². The van der Waals surface area contributed by atoms with Crippen LogP contribution in [0.25, 0.3) is 0 Å². The number of aromatic carboxylic acids is 1. The molecule has 0 saturated carbocycles. The molecule has 5 nitrogen and oxygen atoms in total. The third kappa shape index (κ3) is 4.14. The summed E-state index contributed by atoms with van der Waals surface area (Å²) in [4.78, 5) is 11.5. The summed E-state index contributed by atoms with van der Waals surface area (Å²) >= 11 is 0. The Balaban J connectivity index is 2.31. The number of carboxylic acid groups (broad SMARTS) is 1. The molecule has 2 rings (SSSR count). The Labute approximate surface area is 142 Å². The number of hydrogen-bond acceptors (Lipinski definition) is 3. The van der Waals surface area contributed by atoms with E-state index in [0.29, 0.717) is 6.42 Å². The highest BCUT2D eigenvalue weighted by molar-refractivity contribution is 7.92. The largest absolute Gasteiger partial charge is 0.478 e. The molecule has 0 aliphatic rings. The lowest BCUT2D eigenvalue weighted by Crippen LogP contribution is -2.34. The van der Waals surface area contributed by atoms with Crippen molar-refractivity contribution in [3.05, 3.63) is 65.2 Å². The maximum atomic E-state index is 12.7. The summed E-state index contributed by atoms with van der Waals surface area (Å²) in [7, 11) is -3.62. The van der Waals surface area contributed by atoms with Crippen molar-refractivity contribution >= 4 is 21.7 Å². The molecule has 0 bridgehead atoms. The minimum atomic E-state index is -3.62. The van der Waals surface area contributed by atoms with Crippen LogP contribution in [0.5, 0.6) is 0 Å². The number of carboxylic acids is 1. The molecule has 0 heterocycles. The first-order chi connectivity index (χ1) is 11.3. The van der Waals surface area contributed by atoms with Crippen LogP contribution in [-0.4, -0.2) is 31.8 Å². The number of nitrogens with zero attached hydrogens (tertiary/aromatic N) is 1. The van der Waals surface area contributed by atoms with Crippen LogP contribution in [-0.2, 0) is 16.4 Å². The van der Waals surface area contributed by atoms with Crippen molar-refractivity contribution in [2.75, 3.05) is 16.6 Å². The fourth-order valence-electron chi connectivity index (χ4n) is 2.56. The van der Waals surface area contributed by atoms with E-state index in [4.69, 9.17) is 0 Å². The summed E-state index contributed by atoms with van der Waals surface area (Å²) < 4.78 is 26.6. The first-order valence-corrected chi connectivity index (χ1v) is 9.34. The summed E-state index contributed by atoms with van der Waals surface area (Å²) in [5, 5.41) is 9.39. The summed E-state index contributed by atoms with van der Waals surface area (Å²) in [5.41, 5.74) is 1.91. The maximum absolute atomic E-state index is 12.7. The first-order valence-electron chi connectivity index (χ1n) is 7.73. The van der Waals surface area contributed by atoms with Gasteiger partial charge in [0.1, 0.15) is 0 Å². The summed E-state index contributed by atoms with van der Waals surface area (Å²) in [6.07, 6.45) is 0.383. The van der Waals surface area contributed by atoms with Gasteiger partial charge in [-0.1, -0.05) is 42.0 Å². The number of rotatable bonds is 7. The second-order valence-corrected chi connectivity index (χ2v) is 7.55. The van der Waals surface area contributed by atoms with Crippen LogP contribution in [0, 0.1) is 6.92 Å². The topological polar surface area (TPSA) is 74.7 Å². The number of hydrogen-bond donors (Lipinski definition) is 1. The zero-order valence-electron chi connectivity index (χ0n) is 13.8. The maximum Gasteiger partial charge on any atom is 0.337 e. The summed E-state index contributed by atoms with van der Waals surface area (Å²) in [6, 6.07) is 14.1. The van der Waals surface area contributed by atoms with Gasteiger partial charge in [0.15, 0.2) is 0 Å². The molecule has 0 radical (unpaired) electrons. The smallest absolute Gasteiger partial charge is 0.337 e. The standard InChI is InChI=1S/C18H21NO4S/c1-3-19(17-10-9-14(2)13-16(17)18(20)21)24(22,23)12-11-15-7-5-4-6-8-15/h4-10,13H,3,11-12H2,1-2H3,(H,20,21). The normalized spacial score (nSPS) is 11.2. The molecule has 0 spiro atoms. The van der Waals surface area contributed by atoms with E-state index in [1.165, 1.54) is 10.4 Å². The monoisotopic (exact) mass is 347 g/mol. The molecule has 1 N–H and O–H groups in total. The minimum absolute atomic E-state index is 0.000126. The average molecular weight is 347 g/mol. The molecule has 0 aromatic heterocycles. The van der Waals surface area contributed by atoms with E-state index in [1.807, 2.05) is 30.3 Å². The summed E-state index contributed by atoms with van der Waals surface area (Å²) in [5.74, 6) is -1.21. The van der Waals surface area contributed by atoms with E-state index in [9.17, 15) is 18.3 Å². The lowest BCUT2D eigenvalue weighted by Gasteiger charge is -2.24. The van der Waals surface area contributed by atoms with Crippen molar-refractivity contribution < 1.29 is 18.3 Å². The number of carbonyl (C=O) groups is 1. The molecule has 0 atom stereocenters. The fraction of sp³-hybridized carbons (Fsp3) is 0.278. The second-order valence-electron chi connectivity index (χ2n) is 5.54. The van der Waals surface area contributed by atoms with Crippen LogP contribution in [0.2, 0.25) is 0 Å². The Morgan fingerprint density at radius 3 is 2.38 bits per heavy atom. The SMILES string of the molecule is CCN(c1ccc(C)cc1C(=O)O)S(=O)(=O)CCc1ccccc1. The molecular weight excluding hydrogens is 326 g/mol. The minimum Gasteiger partial charge on any atom is -0.478 e. The number of benzene rings is 2. The Morgan fingerprint density at radius 1 is 1.12 bits per heavy atom. The van der Waals surface area contributed by atoms with Crippen LogP contribution < -0.4 is 4.31 Å². The molecule has 6 heteroatoms. The third-order valence-corrected chi connectivity index (χ3v) is 5.61. The average Bonchev–Trinajstić information content (AvgIpc) is 2.55. The van der Waals surface area contributed by atoms with Crippen LogP contribution in [0.4, 0.5) is 5.69 Å². The van der Waals surface area contributed by atoms with Crippen molar-refractivity contribution in [2.24, 2.45) is 0 Å². The highest BCUT2D eigenvalue weighted by Gasteiger charge is 2.25. The third-order valence-electron chi connectivity index (χ3n) is 3.77. The van der Waals surface area contributed by atoms with Gasteiger partial charge in [0.2, 0.25) is 10.0 Å². The van der Waals surface area contributed by atoms with Crippen molar-refractivity contribution in [1.82, 2.24) is 0 Å². The highest BCUT2D eigenvalue weighted by atomic mass is 32.2. The van der Waals surface area contributed by atoms with Crippen LogP contribution in [0.1, 0.15) is 28.4 Å². The van der Waals surface area contributed by atoms with E-state index in [0.717, 1.165) is 11.1 Å². The van der Waals surface area contributed by atoms with Crippen molar-refractivity contribution in [1.29, 1.82) is 0 Å². The fourth-order valence-corrected chi connectivity index (χ4v) is 4.12. The van der Waals surface area contributed by atoms with Crippen LogP contribution in [0.3, 0.4) is 0 Å². The summed E-state index contributed by atoms with van der Waals surface area (Å²) in [6.45, 7) is 3.66. The van der Waals surface area contributed by atoms with E-state index < -0.39 is 16.0 Å². The molecule has 0 unspecified atom stereocenters. The quantitative estimate of drug-likeness (QED) is 0.835. The lowest BCUT2D eigenvalue weighted by atomic mass is 10.1. The molecule has 0 fully saturated rings. The molecule has 0 aliphatic heterocycles. The number of anilines is 1. The highest BCUT2D eigenvalue weighted by Crippen LogP contribution is 2.25. The van der Waals surface area contributed by atoms with Gasteiger partial charge in [-0.05, 0) is 38.0 Å². The van der Waals surface area contributed by atoms with Gasteiger partial charge >= 0.3 is 5.97 Å². The van der Waals surface area contributed by atoms with Crippen LogP contribution >= 0.6 is 0 Å². The van der Waals surface area contributed by atoms with E-state index in [2.05, 4.69) is 0 Å². The molecule has 0 amide bonds. The van der Waals surface area contributed by atoms with Gasteiger partial charge in [0.05, 0.1) is 17.0 Å². The Morgan fingerprint density at radius 2 is 1.79 bits per heavy atom. The van der Waals surface area contributed by atoms with Gasteiger partial charge < -0.3 is 5.11 Å². The number of aryl methyl sites for hydroxylation is 2. The van der Waals surface area contributed by atoms with Gasteiger partial charge in [0.25, 0.3) is 0 Å². The molecule has 0 saturated heterocycles. The molecule has 0 aliphatic carbocycles. The second kappa shape index (κ2) is 7.49. The Hall–Kier alpha value is -2.34. The Bertz CT molecular complexity index is 816. The number of sulfonamides is 1. The van der Waals surface area contributed by atoms with Crippen molar-refractivity contribution in [3.63, 3.8) is 0 Å². The van der Waals surface area contributed by atoms with Gasteiger partial charge in [-0.15, -0.1) is 0 Å². The van der Waals surface area contributed by atoms with Gasteiger partial charge in [0, 0.05) is 6.54 Å².